The second kappa shape index (κ2) is 5.11. The monoisotopic (exact) mass is 255 g/mol. The summed E-state index contributed by atoms with van der Waals surface area (Å²) in [7, 11) is 7.07. The number of carbonyl (C=O) groups is 1. The van der Waals surface area contributed by atoms with Crippen molar-refractivity contribution in [2.45, 2.75) is 31.1 Å². The molecule has 1 aliphatic heterocycles. The minimum absolute atomic E-state index is 0.228. The molecule has 1 aromatic rings. The maximum Gasteiger partial charge on any atom is 0.227 e. The molecule has 1 aromatic carbocycles. The van der Waals surface area contributed by atoms with Crippen LogP contribution in [-0.2, 0) is 11.2 Å². The second-order valence-corrected chi connectivity index (χ2v) is 4.89. The first-order valence-corrected chi connectivity index (χ1v) is 7.13. The summed E-state index contributed by atoms with van der Waals surface area (Å²) in [6.07, 6.45) is 2.52. The summed E-state index contributed by atoms with van der Waals surface area (Å²) in [6.45, 7) is 2.93. The summed E-state index contributed by atoms with van der Waals surface area (Å²) in [5.74, 6) is 0.228. The van der Waals surface area contributed by atoms with Gasteiger partial charge in [-0.05, 0) is 52.2 Å². The number of anilines is 1. The Kier molecular flexibility index (Phi) is 3.77. The summed E-state index contributed by atoms with van der Waals surface area (Å²) >= 11 is 0. The average molecular weight is 256 g/mol. The molecule has 16 heavy (non-hydrogen) atoms. The third-order valence-corrected chi connectivity index (χ3v) is 3.96. The summed E-state index contributed by atoms with van der Waals surface area (Å²) in [6, 6.07) is 5.98. The van der Waals surface area contributed by atoms with Gasteiger partial charge in [-0.15, -0.1) is 0 Å². The number of hydrogen-bond acceptors (Lipinski definition) is 2. The molecule has 0 saturated carbocycles. The van der Waals surface area contributed by atoms with Crippen LogP contribution in [0.3, 0.4) is 0 Å². The van der Waals surface area contributed by atoms with E-state index >= 15 is 0 Å². The molecule has 0 radical (unpaired) electrons. The van der Waals surface area contributed by atoms with Gasteiger partial charge in [0, 0.05) is 23.5 Å². The highest BCUT2D eigenvalue weighted by Gasteiger charge is 2.24. The first-order chi connectivity index (χ1) is 7.77. The predicted octanol–water partition coefficient (Wildman–Crippen LogP) is 3.62. The van der Waals surface area contributed by atoms with E-state index in [1.807, 2.05) is 23.1 Å². The SMILES string of the molecule is CCc1c(SCl)cccc1N1CCCC1=O. The first kappa shape index (κ1) is 11.8. The zero-order valence-electron chi connectivity index (χ0n) is 9.20. The lowest BCUT2D eigenvalue weighted by molar-refractivity contribution is -0.117. The van der Waals surface area contributed by atoms with Gasteiger partial charge in [0.15, 0.2) is 0 Å². The van der Waals surface area contributed by atoms with Crippen LogP contribution in [0.15, 0.2) is 23.1 Å². The molecule has 0 N–H and O–H groups in total. The zero-order valence-corrected chi connectivity index (χ0v) is 10.8. The van der Waals surface area contributed by atoms with E-state index < -0.39 is 0 Å². The van der Waals surface area contributed by atoms with Gasteiger partial charge in [-0.1, -0.05) is 13.0 Å². The van der Waals surface area contributed by atoms with Gasteiger partial charge in [-0.2, -0.15) is 0 Å². The lowest BCUT2D eigenvalue weighted by atomic mass is 10.1. The van der Waals surface area contributed by atoms with E-state index in [0.29, 0.717) is 6.42 Å². The van der Waals surface area contributed by atoms with Crippen LogP contribution in [-0.4, -0.2) is 12.5 Å². The van der Waals surface area contributed by atoms with Crippen LogP contribution in [0.2, 0.25) is 0 Å². The van der Waals surface area contributed by atoms with Crippen molar-refractivity contribution < 1.29 is 4.79 Å². The largest absolute Gasteiger partial charge is 0.312 e. The molecule has 1 heterocycles. The third-order valence-electron chi connectivity index (χ3n) is 2.91. The molecular formula is C12H14ClNOS. The molecule has 0 aromatic heterocycles. The fourth-order valence-electron chi connectivity index (χ4n) is 2.14. The quantitative estimate of drug-likeness (QED) is 0.822. The molecule has 1 saturated heterocycles. The van der Waals surface area contributed by atoms with Crippen molar-refractivity contribution in [3.05, 3.63) is 23.8 Å². The minimum Gasteiger partial charge on any atom is -0.312 e. The Morgan fingerprint density at radius 3 is 2.88 bits per heavy atom. The lowest BCUT2D eigenvalue weighted by Crippen LogP contribution is -2.24. The third kappa shape index (κ3) is 2.06. The molecule has 0 atom stereocenters. The molecule has 86 valence electrons. The summed E-state index contributed by atoms with van der Waals surface area (Å²) in [5, 5.41) is 0. The number of amides is 1. The van der Waals surface area contributed by atoms with Crippen LogP contribution in [0.5, 0.6) is 0 Å². The zero-order chi connectivity index (χ0) is 11.5. The van der Waals surface area contributed by atoms with Crippen molar-refractivity contribution in [1.29, 1.82) is 0 Å². The van der Waals surface area contributed by atoms with Gasteiger partial charge in [0.1, 0.15) is 0 Å². The van der Waals surface area contributed by atoms with Crippen LogP contribution in [0.25, 0.3) is 0 Å². The van der Waals surface area contributed by atoms with Crippen molar-refractivity contribution >= 4 is 33.3 Å². The van der Waals surface area contributed by atoms with Gasteiger partial charge in [-0.3, -0.25) is 4.79 Å². The van der Waals surface area contributed by atoms with Gasteiger partial charge in [0.2, 0.25) is 5.91 Å². The van der Waals surface area contributed by atoms with Gasteiger partial charge >= 0.3 is 0 Å². The topological polar surface area (TPSA) is 20.3 Å². The lowest BCUT2D eigenvalue weighted by Gasteiger charge is -2.20. The van der Waals surface area contributed by atoms with Crippen molar-refractivity contribution in [2.75, 3.05) is 11.4 Å². The molecule has 1 aliphatic rings. The van der Waals surface area contributed by atoms with Crippen LogP contribution in [0.4, 0.5) is 5.69 Å². The Labute approximate surface area is 104 Å². The molecule has 4 heteroatoms. The normalized spacial score (nSPS) is 15.9. The molecule has 1 amide bonds. The second-order valence-electron chi connectivity index (χ2n) is 3.83. The Morgan fingerprint density at radius 1 is 1.50 bits per heavy atom. The van der Waals surface area contributed by atoms with Crippen molar-refractivity contribution in [3.8, 4) is 0 Å². The van der Waals surface area contributed by atoms with E-state index in [9.17, 15) is 4.79 Å². The predicted molar refractivity (Wildman–Crippen MR) is 69.1 cm³/mol. The maximum absolute atomic E-state index is 11.7. The number of benzene rings is 1. The molecule has 0 spiro atoms. The highest BCUT2D eigenvalue weighted by molar-refractivity contribution is 8.21. The van der Waals surface area contributed by atoms with E-state index in [2.05, 4.69) is 6.92 Å². The number of nitrogens with zero attached hydrogens (tertiary/aromatic N) is 1. The van der Waals surface area contributed by atoms with Gasteiger partial charge < -0.3 is 4.90 Å². The molecule has 0 bridgehead atoms. The smallest absolute Gasteiger partial charge is 0.227 e. The highest BCUT2D eigenvalue weighted by atomic mass is 35.7. The van der Waals surface area contributed by atoms with Gasteiger partial charge in [-0.25, -0.2) is 0 Å². The summed E-state index contributed by atoms with van der Waals surface area (Å²) in [5.41, 5.74) is 2.22. The summed E-state index contributed by atoms with van der Waals surface area (Å²) < 4.78 is 0. The van der Waals surface area contributed by atoms with Crippen LogP contribution >= 0.6 is 21.7 Å². The van der Waals surface area contributed by atoms with Crippen molar-refractivity contribution in [2.24, 2.45) is 0 Å². The van der Waals surface area contributed by atoms with E-state index in [1.54, 1.807) is 0 Å². The maximum atomic E-state index is 11.7. The fourth-order valence-corrected chi connectivity index (χ4v) is 3.04. The first-order valence-electron chi connectivity index (χ1n) is 5.48. The molecule has 0 aliphatic carbocycles. The molecule has 0 unspecified atom stereocenters. The van der Waals surface area contributed by atoms with Crippen molar-refractivity contribution in [1.82, 2.24) is 0 Å². The highest BCUT2D eigenvalue weighted by Crippen LogP contribution is 2.34. The van der Waals surface area contributed by atoms with E-state index in [-0.39, 0.29) is 5.91 Å². The average Bonchev–Trinajstić information content (AvgIpc) is 2.74. The standard InChI is InChI=1S/C12H14ClNOS/c1-2-9-10(5-3-6-11(9)16-13)14-8-4-7-12(14)15/h3,5-6H,2,4,7-8H2,1H3. The van der Waals surface area contributed by atoms with E-state index in [1.165, 1.54) is 16.5 Å². The Hall–Kier alpha value is -0.670. The Morgan fingerprint density at radius 2 is 2.31 bits per heavy atom. The van der Waals surface area contributed by atoms with Crippen LogP contribution in [0, 0.1) is 0 Å². The minimum atomic E-state index is 0.228. The molecule has 2 rings (SSSR count). The van der Waals surface area contributed by atoms with Crippen LogP contribution < -0.4 is 4.90 Å². The van der Waals surface area contributed by atoms with E-state index in [0.717, 1.165) is 30.0 Å². The molecule has 1 fully saturated rings. The Bertz CT molecular complexity index is 408. The van der Waals surface area contributed by atoms with E-state index in [4.69, 9.17) is 10.7 Å². The van der Waals surface area contributed by atoms with Crippen LogP contribution in [0.1, 0.15) is 25.3 Å². The summed E-state index contributed by atoms with van der Waals surface area (Å²) in [4.78, 5) is 14.7. The number of rotatable bonds is 3. The molecular weight excluding hydrogens is 242 g/mol. The van der Waals surface area contributed by atoms with Gasteiger partial charge in [0.05, 0.1) is 0 Å². The van der Waals surface area contributed by atoms with Crippen molar-refractivity contribution in [3.63, 3.8) is 0 Å². The molecule has 2 nitrogen and oxygen atoms in total. The number of halogens is 1. The number of hydrogen-bond donors (Lipinski definition) is 0. The number of carbonyl (C=O) groups excluding carboxylic acids is 1. The fraction of sp³-hybridized carbons (Fsp3) is 0.417. The van der Waals surface area contributed by atoms with Gasteiger partial charge in [0.25, 0.3) is 0 Å². The Balaban J connectivity index is 2.43.